The molecule has 2 heterocycles. The maximum Gasteiger partial charge on any atom is 0.340 e. The number of esters is 3. The molecule has 1 atom stereocenters. The maximum atomic E-state index is 13.7. The lowest BCUT2D eigenvalue weighted by Crippen LogP contribution is -2.34. The fourth-order valence-corrected chi connectivity index (χ4v) is 7.31. The van der Waals surface area contributed by atoms with Crippen molar-refractivity contribution in [2.75, 3.05) is 6.61 Å². The summed E-state index contributed by atoms with van der Waals surface area (Å²) in [5.41, 5.74) is -1.21. The summed E-state index contributed by atoms with van der Waals surface area (Å²) >= 11 is 0. The molecule has 0 aromatic heterocycles. The van der Waals surface area contributed by atoms with Crippen LogP contribution in [0.4, 0.5) is 0 Å². The van der Waals surface area contributed by atoms with Crippen LogP contribution < -0.4 is 18.7 Å². The van der Waals surface area contributed by atoms with Crippen molar-refractivity contribution in [1.29, 1.82) is 5.26 Å². The van der Waals surface area contributed by atoms with Gasteiger partial charge in [0.25, 0.3) is 0 Å². The first-order valence-corrected chi connectivity index (χ1v) is 18.1. The van der Waals surface area contributed by atoms with Crippen LogP contribution in [0.15, 0.2) is 54.6 Å². The second-order valence-electron chi connectivity index (χ2n) is 15.1. The van der Waals surface area contributed by atoms with Crippen molar-refractivity contribution in [3.8, 4) is 34.8 Å². The first kappa shape index (κ1) is 37.8. The highest BCUT2D eigenvalue weighted by molar-refractivity contribution is 7.45. The number of rotatable bonds is 10. The van der Waals surface area contributed by atoms with Gasteiger partial charge in [-0.3, -0.25) is 9.59 Å². The Kier molecular flexibility index (Phi) is 10.6. The molecule has 0 aliphatic carbocycles. The SMILES string of the molecule is CC(C)N(C(C)C)P(OCCC#N)Oc1ccc2c(c1)C1(OC2=O)c2ccc(OC(=O)C(C)(C)C)cc2Oc2cc(OC(=O)C(C)(C)C)ccc21. The molecule has 2 aliphatic rings. The van der Waals surface area contributed by atoms with Crippen molar-refractivity contribution in [3.05, 3.63) is 76.9 Å². The summed E-state index contributed by atoms with van der Waals surface area (Å²) in [5.74, 6) is 0.0478. The molecule has 5 rings (SSSR count). The van der Waals surface area contributed by atoms with Crippen molar-refractivity contribution >= 4 is 26.4 Å². The first-order valence-electron chi connectivity index (χ1n) is 16.9. The minimum absolute atomic E-state index is 0.0706. The van der Waals surface area contributed by atoms with Crippen molar-refractivity contribution in [1.82, 2.24) is 4.67 Å². The van der Waals surface area contributed by atoms with Gasteiger partial charge < -0.3 is 28.0 Å². The fraction of sp³-hybridized carbons (Fsp3) is 0.436. The molecule has 11 nitrogen and oxygen atoms in total. The van der Waals surface area contributed by atoms with E-state index in [-0.39, 0.29) is 48.1 Å². The number of benzene rings is 3. The van der Waals surface area contributed by atoms with E-state index in [4.69, 9.17) is 33.3 Å². The molecule has 1 unspecified atom stereocenters. The molecule has 0 saturated heterocycles. The van der Waals surface area contributed by atoms with Gasteiger partial charge in [0.05, 0.1) is 35.5 Å². The van der Waals surface area contributed by atoms with Gasteiger partial charge in [0.1, 0.15) is 28.7 Å². The van der Waals surface area contributed by atoms with Crippen molar-refractivity contribution in [2.24, 2.45) is 10.8 Å². The number of fused-ring (bicyclic) bond motifs is 6. The molecule has 0 radical (unpaired) electrons. The van der Waals surface area contributed by atoms with E-state index in [1.54, 1.807) is 96.1 Å². The van der Waals surface area contributed by atoms with E-state index in [0.29, 0.717) is 28.0 Å². The molecule has 12 heteroatoms. The third-order valence-electron chi connectivity index (χ3n) is 8.21. The van der Waals surface area contributed by atoms with E-state index in [0.717, 1.165) is 0 Å². The van der Waals surface area contributed by atoms with Gasteiger partial charge >= 0.3 is 26.4 Å². The third kappa shape index (κ3) is 7.59. The number of nitriles is 1. The quantitative estimate of drug-likeness (QED) is 0.0862. The number of carbonyl (C=O) groups excluding carboxylic acids is 3. The molecular formula is C39H45N2O9P. The summed E-state index contributed by atoms with van der Waals surface area (Å²) in [6, 6.07) is 17.2. The van der Waals surface area contributed by atoms with Crippen LogP contribution in [-0.2, 0) is 24.5 Å². The first-order chi connectivity index (χ1) is 23.9. The summed E-state index contributed by atoms with van der Waals surface area (Å²) in [4.78, 5) is 39.3. The van der Waals surface area contributed by atoms with E-state index in [1.165, 1.54) is 0 Å². The van der Waals surface area contributed by atoms with Crippen LogP contribution in [-0.4, -0.2) is 41.3 Å². The maximum absolute atomic E-state index is 13.7. The second kappa shape index (κ2) is 14.3. The average Bonchev–Trinajstić information content (AvgIpc) is 3.31. The average molecular weight is 717 g/mol. The molecular weight excluding hydrogens is 671 g/mol. The molecule has 0 saturated carbocycles. The number of hydrogen-bond acceptors (Lipinski definition) is 11. The Morgan fingerprint density at radius 3 is 1.78 bits per heavy atom. The summed E-state index contributed by atoms with van der Waals surface area (Å²) < 4.78 is 39.0. The normalized spacial score (nSPS) is 15.0. The largest absolute Gasteiger partial charge is 0.456 e. The standard InChI is InChI=1S/C39H45N2O9P/c1-23(2)41(24(3)4)51(45-19-11-18-40)50-27-12-15-28-31(20-27)39(49-34(28)42)29-16-13-25(46-35(43)37(5,6)7)21-32(29)48-33-22-26(14-17-30(33)39)47-36(44)38(8,9)10/h12-17,20-24H,11,19H2,1-10H3. The van der Waals surface area contributed by atoms with E-state index < -0.39 is 42.9 Å². The minimum atomic E-state index is -1.65. The van der Waals surface area contributed by atoms with E-state index >= 15 is 0 Å². The highest BCUT2D eigenvalue weighted by atomic mass is 31.2. The third-order valence-corrected chi connectivity index (χ3v) is 10.3. The number of hydrogen-bond donors (Lipinski definition) is 0. The lowest BCUT2D eigenvalue weighted by Gasteiger charge is -2.37. The van der Waals surface area contributed by atoms with Crippen molar-refractivity contribution in [3.63, 3.8) is 0 Å². The van der Waals surface area contributed by atoms with Gasteiger partial charge in [-0.05, 0) is 112 Å². The summed E-state index contributed by atoms with van der Waals surface area (Å²) in [6.07, 6.45) is 0.204. The lowest BCUT2D eigenvalue weighted by molar-refractivity contribution is -0.143. The lowest BCUT2D eigenvalue weighted by atomic mass is 9.77. The zero-order chi connectivity index (χ0) is 37.5. The molecule has 2 aliphatic heterocycles. The Morgan fingerprint density at radius 2 is 1.31 bits per heavy atom. The van der Waals surface area contributed by atoms with Gasteiger partial charge in [0, 0.05) is 40.9 Å². The molecule has 51 heavy (non-hydrogen) atoms. The zero-order valence-corrected chi connectivity index (χ0v) is 31.7. The van der Waals surface area contributed by atoms with E-state index in [9.17, 15) is 14.4 Å². The molecule has 1 spiro atoms. The molecule has 0 amide bonds. The van der Waals surface area contributed by atoms with Crippen molar-refractivity contribution < 1.29 is 42.4 Å². The number of nitrogens with zero attached hydrogens (tertiary/aromatic N) is 2. The Bertz CT molecular complexity index is 1800. The van der Waals surface area contributed by atoms with Gasteiger partial charge in [-0.25, -0.2) is 9.46 Å². The van der Waals surface area contributed by atoms with E-state index in [1.807, 2.05) is 27.7 Å². The number of carbonyl (C=O) groups is 3. The molecule has 3 aromatic rings. The van der Waals surface area contributed by atoms with Gasteiger partial charge in [-0.2, -0.15) is 5.26 Å². The highest BCUT2D eigenvalue weighted by Gasteiger charge is 2.54. The van der Waals surface area contributed by atoms with Gasteiger partial charge in [0.15, 0.2) is 5.60 Å². The Hall–Kier alpha value is -4.49. The predicted molar refractivity (Wildman–Crippen MR) is 191 cm³/mol. The topological polar surface area (TPSA) is 134 Å². The van der Waals surface area contributed by atoms with Crippen LogP contribution in [0.2, 0.25) is 0 Å². The molecule has 270 valence electrons. The zero-order valence-electron chi connectivity index (χ0n) is 30.8. The predicted octanol–water partition coefficient (Wildman–Crippen LogP) is 8.81. The molecule has 0 N–H and O–H groups in total. The Labute approximate surface area is 300 Å². The minimum Gasteiger partial charge on any atom is -0.456 e. The van der Waals surface area contributed by atoms with Crippen molar-refractivity contribution in [2.45, 2.75) is 93.3 Å². The summed E-state index contributed by atoms with van der Waals surface area (Å²) in [5, 5.41) is 9.17. The van der Waals surface area contributed by atoms with Gasteiger partial charge in [-0.15, -0.1) is 0 Å². The van der Waals surface area contributed by atoms with Crippen LogP contribution in [0.1, 0.15) is 103 Å². The van der Waals surface area contributed by atoms with Gasteiger partial charge in [-0.1, -0.05) is 0 Å². The summed E-state index contributed by atoms with van der Waals surface area (Å²) in [6.45, 7) is 18.9. The Balaban J connectivity index is 1.66. The van der Waals surface area contributed by atoms with Crippen LogP contribution in [0, 0.1) is 22.2 Å². The van der Waals surface area contributed by atoms with E-state index in [2.05, 4.69) is 10.7 Å². The summed E-state index contributed by atoms with van der Waals surface area (Å²) in [7, 11) is -1.65. The van der Waals surface area contributed by atoms with Crippen LogP contribution in [0.5, 0.6) is 28.7 Å². The molecule has 0 fully saturated rings. The number of ether oxygens (including phenoxy) is 4. The highest BCUT2D eigenvalue weighted by Crippen LogP contribution is 2.58. The van der Waals surface area contributed by atoms with Crippen LogP contribution in [0.3, 0.4) is 0 Å². The van der Waals surface area contributed by atoms with Crippen LogP contribution >= 0.6 is 8.53 Å². The van der Waals surface area contributed by atoms with Crippen LogP contribution in [0.25, 0.3) is 0 Å². The Morgan fingerprint density at radius 1 is 0.804 bits per heavy atom. The smallest absolute Gasteiger partial charge is 0.340 e. The molecule has 3 aromatic carbocycles. The second-order valence-corrected chi connectivity index (χ2v) is 16.5. The monoisotopic (exact) mass is 716 g/mol. The molecule has 0 bridgehead atoms. The fourth-order valence-electron chi connectivity index (χ4n) is 5.74. The van der Waals surface area contributed by atoms with Gasteiger partial charge in [0.2, 0.25) is 0 Å².